The van der Waals surface area contributed by atoms with Gasteiger partial charge in [0.1, 0.15) is 10.8 Å². The van der Waals surface area contributed by atoms with Gasteiger partial charge in [-0.2, -0.15) is 20.0 Å². The molecule has 7 nitrogen and oxygen atoms in total. The van der Waals surface area contributed by atoms with Crippen LogP contribution in [0.2, 0.25) is 5.15 Å². The molecule has 0 aliphatic heterocycles. The maximum absolute atomic E-state index is 12.1. The maximum Gasteiger partial charge on any atom is 0.296 e. The molecular formula is C16H15ClN6OS. The Hall–Kier alpha value is -2.58. The van der Waals surface area contributed by atoms with Gasteiger partial charge in [0.15, 0.2) is 0 Å². The molecule has 3 aromatic rings. The number of hydrogen-bond donors (Lipinski definition) is 1. The van der Waals surface area contributed by atoms with Gasteiger partial charge in [-0.3, -0.25) is 9.89 Å². The van der Waals surface area contributed by atoms with Gasteiger partial charge in [0.2, 0.25) is 4.77 Å². The molecule has 0 aliphatic carbocycles. The molecule has 0 radical (unpaired) electrons. The van der Waals surface area contributed by atoms with Crippen molar-refractivity contribution in [3.8, 4) is 0 Å². The summed E-state index contributed by atoms with van der Waals surface area (Å²) >= 11 is 11.5. The van der Waals surface area contributed by atoms with E-state index in [1.54, 1.807) is 11.6 Å². The van der Waals surface area contributed by atoms with Crippen molar-refractivity contribution in [2.75, 3.05) is 0 Å². The standard InChI is InChI=1S/C16H15ClN6OS/c1-10-13(8-18-23-15(24)11(2)19-20-16(23)25)14(17)22(21-10)9-12-6-4-3-5-7-12/h3-8H,9H2,1-2H3,(H,20,25)/b18-8-. The summed E-state index contributed by atoms with van der Waals surface area (Å²) in [6.45, 7) is 3.95. The van der Waals surface area contributed by atoms with E-state index >= 15 is 0 Å². The smallest absolute Gasteiger partial charge is 0.265 e. The van der Waals surface area contributed by atoms with Crippen LogP contribution in [0, 0.1) is 18.6 Å². The van der Waals surface area contributed by atoms with Gasteiger partial charge in [-0.25, -0.2) is 4.68 Å². The Morgan fingerprint density at radius 3 is 2.72 bits per heavy atom. The highest BCUT2D eigenvalue weighted by molar-refractivity contribution is 7.71. The summed E-state index contributed by atoms with van der Waals surface area (Å²) in [7, 11) is 0. The predicted octanol–water partition coefficient (Wildman–Crippen LogP) is 2.70. The lowest BCUT2D eigenvalue weighted by atomic mass is 10.2. The van der Waals surface area contributed by atoms with Crippen molar-refractivity contribution >= 4 is 30.0 Å². The number of aryl methyl sites for hydroxylation is 2. The first-order chi connectivity index (χ1) is 12.0. The Morgan fingerprint density at radius 2 is 2.00 bits per heavy atom. The minimum Gasteiger partial charge on any atom is -0.265 e. The Kier molecular flexibility index (Phi) is 4.91. The molecule has 2 aromatic heterocycles. The first-order valence-corrected chi connectivity index (χ1v) is 8.25. The molecule has 3 rings (SSSR count). The molecule has 0 aliphatic rings. The van der Waals surface area contributed by atoms with Crippen LogP contribution in [0.25, 0.3) is 0 Å². The molecule has 9 heteroatoms. The third kappa shape index (κ3) is 3.59. The first-order valence-electron chi connectivity index (χ1n) is 7.47. The van der Waals surface area contributed by atoms with Crippen LogP contribution in [0.1, 0.15) is 22.5 Å². The third-order valence-corrected chi connectivity index (χ3v) is 4.26. The maximum atomic E-state index is 12.1. The summed E-state index contributed by atoms with van der Waals surface area (Å²) in [4.78, 5) is 12.1. The van der Waals surface area contributed by atoms with Crippen molar-refractivity contribution in [1.82, 2.24) is 24.7 Å². The van der Waals surface area contributed by atoms with Crippen molar-refractivity contribution < 1.29 is 0 Å². The number of aromatic amines is 1. The number of H-pyrrole nitrogens is 1. The van der Waals surface area contributed by atoms with Crippen LogP contribution in [-0.2, 0) is 6.54 Å². The van der Waals surface area contributed by atoms with Crippen molar-refractivity contribution in [1.29, 1.82) is 0 Å². The lowest BCUT2D eigenvalue weighted by Gasteiger charge is -2.03. The first kappa shape index (κ1) is 17.2. The monoisotopic (exact) mass is 374 g/mol. The largest absolute Gasteiger partial charge is 0.296 e. The van der Waals surface area contributed by atoms with Gasteiger partial charge < -0.3 is 0 Å². The highest BCUT2D eigenvalue weighted by Gasteiger charge is 2.12. The van der Waals surface area contributed by atoms with Gasteiger partial charge in [-0.05, 0) is 31.6 Å². The number of halogens is 1. The molecule has 0 atom stereocenters. The number of hydrogen-bond acceptors (Lipinski definition) is 5. The second-order valence-electron chi connectivity index (χ2n) is 5.41. The number of nitrogens with one attached hydrogen (secondary N) is 1. The van der Waals surface area contributed by atoms with Crippen LogP contribution >= 0.6 is 23.8 Å². The van der Waals surface area contributed by atoms with E-state index < -0.39 is 0 Å². The van der Waals surface area contributed by atoms with Gasteiger partial charge in [0, 0.05) is 0 Å². The van der Waals surface area contributed by atoms with Crippen molar-refractivity contribution in [2.45, 2.75) is 20.4 Å². The molecule has 0 saturated carbocycles. The van der Waals surface area contributed by atoms with Crippen molar-refractivity contribution in [2.24, 2.45) is 5.10 Å². The van der Waals surface area contributed by atoms with Gasteiger partial charge >= 0.3 is 0 Å². The van der Waals surface area contributed by atoms with Gasteiger partial charge in [-0.15, -0.1) is 0 Å². The molecule has 0 saturated heterocycles. The normalized spacial score (nSPS) is 11.3. The lowest BCUT2D eigenvalue weighted by Crippen LogP contribution is -2.22. The Balaban J connectivity index is 1.96. The van der Waals surface area contributed by atoms with Gasteiger partial charge in [0.25, 0.3) is 5.56 Å². The average Bonchev–Trinajstić information content (AvgIpc) is 2.86. The number of aromatic nitrogens is 5. The summed E-state index contributed by atoms with van der Waals surface area (Å²) < 4.78 is 2.87. The Morgan fingerprint density at radius 1 is 1.28 bits per heavy atom. The van der Waals surface area contributed by atoms with E-state index in [0.717, 1.165) is 10.2 Å². The zero-order valence-corrected chi connectivity index (χ0v) is 15.2. The minimum absolute atomic E-state index is 0.109. The highest BCUT2D eigenvalue weighted by Crippen LogP contribution is 2.19. The summed E-state index contributed by atoms with van der Waals surface area (Å²) in [6, 6.07) is 9.87. The number of nitrogens with zero attached hydrogens (tertiary/aromatic N) is 5. The molecule has 0 fully saturated rings. The molecule has 128 valence electrons. The van der Waals surface area contributed by atoms with E-state index in [9.17, 15) is 4.79 Å². The zero-order chi connectivity index (χ0) is 18.0. The minimum atomic E-state index is -0.384. The van der Waals surface area contributed by atoms with E-state index in [0.29, 0.717) is 23.0 Å². The second kappa shape index (κ2) is 7.12. The van der Waals surface area contributed by atoms with Crippen LogP contribution in [0.5, 0.6) is 0 Å². The molecule has 0 spiro atoms. The van der Waals surface area contributed by atoms with Crippen LogP contribution in [-0.4, -0.2) is 30.9 Å². The third-order valence-electron chi connectivity index (χ3n) is 3.60. The van der Waals surface area contributed by atoms with E-state index in [4.69, 9.17) is 23.8 Å². The molecule has 1 N–H and O–H groups in total. The number of benzene rings is 1. The predicted molar refractivity (Wildman–Crippen MR) is 98.9 cm³/mol. The molecule has 0 bridgehead atoms. The van der Waals surface area contributed by atoms with Gasteiger partial charge in [0.05, 0.1) is 24.0 Å². The van der Waals surface area contributed by atoms with E-state index in [1.165, 1.54) is 6.21 Å². The summed E-state index contributed by atoms with van der Waals surface area (Å²) in [5.41, 5.74) is 2.31. The number of rotatable bonds is 4. The Bertz CT molecular complexity index is 1050. The van der Waals surface area contributed by atoms with Crippen LogP contribution in [0.4, 0.5) is 0 Å². The molecule has 25 heavy (non-hydrogen) atoms. The van der Waals surface area contributed by atoms with E-state index in [1.807, 2.05) is 37.3 Å². The molecule has 2 heterocycles. The SMILES string of the molecule is Cc1nn(Cc2ccccc2)c(Cl)c1/C=N\n1c(=S)[nH]nc(C)c1=O. The Labute approximate surface area is 153 Å². The average molecular weight is 375 g/mol. The van der Waals surface area contributed by atoms with Crippen LogP contribution in [0.3, 0.4) is 0 Å². The van der Waals surface area contributed by atoms with Crippen molar-refractivity contribution in [3.05, 3.63) is 73.1 Å². The zero-order valence-electron chi connectivity index (χ0n) is 13.6. The second-order valence-corrected chi connectivity index (χ2v) is 6.15. The van der Waals surface area contributed by atoms with E-state index in [-0.39, 0.29) is 16.0 Å². The van der Waals surface area contributed by atoms with Crippen LogP contribution < -0.4 is 5.56 Å². The summed E-state index contributed by atoms with van der Waals surface area (Å²) in [5, 5.41) is 15.4. The van der Waals surface area contributed by atoms with Gasteiger partial charge in [-0.1, -0.05) is 41.9 Å². The summed E-state index contributed by atoms with van der Waals surface area (Å²) in [5.74, 6) is 0. The molecule has 0 unspecified atom stereocenters. The molecular weight excluding hydrogens is 360 g/mol. The van der Waals surface area contributed by atoms with Crippen molar-refractivity contribution in [3.63, 3.8) is 0 Å². The highest BCUT2D eigenvalue weighted by atomic mass is 35.5. The fourth-order valence-electron chi connectivity index (χ4n) is 2.27. The fraction of sp³-hybridized carbons (Fsp3) is 0.188. The molecule has 1 aromatic carbocycles. The van der Waals surface area contributed by atoms with E-state index in [2.05, 4.69) is 20.4 Å². The molecule has 0 amide bonds. The summed E-state index contributed by atoms with van der Waals surface area (Å²) in [6.07, 6.45) is 1.48. The quantitative estimate of drug-likeness (QED) is 0.562. The lowest BCUT2D eigenvalue weighted by molar-refractivity contribution is 0.680. The fourth-order valence-corrected chi connectivity index (χ4v) is 2.73. The topological polar surface area (TPSA) is 80.9 Å². The van der Waals surface area contributed by atoms with Crippen LogP contribution in [0.15, 0.2) is 40.2 Å².